The van der Waals surface area contributed by atoms with Crippen molar-refractivity contribution >= 4 is 6.09 Å². The molecule has 0 unspecified atom stereocenters. The number of hydrogen-bond acceptors (Lipinski definition) is 5. The Hall–Kier alpha value is -3.08. The molecule has 130 valence electrons. The minimum Gasteiger partial charge on any atom is -0.493 e. The maximum atomic E-state index is 13.8. The Labute approximate surface area is 143 Å². The first-order valence-electron chi connectivity index (χ1n) is 7.92. The number of carbonyl (C=O) groups is 1. The molecular formula is C17H17FN4O3. The molecule has 0 bridgehead atoms. The Morgan fingerprint density at radius 3 is 2.68 bits per heavy atom. The molecular weight excluding hydrogens is 327 g/mol. The summed E-state index contributed by atoms with van der Waals surface area (Å²) in [4.78, 5) is 10.8. The summed E-state index contributed by atoms with van der Waals surface area (Å²) in [7, 11) is 0. The molecule has 7 nitrogen and oxygen atoms in total. The van der Waals surface area contributed by atoms with Crippen LogP contribution in [0.4, 0.5) is 9.18 Å². The van der Waals surface area contributed by atoms with Gasteiger partial charge in [-0.1, -0.05) is 6.07 Å². The number of hydrogen-bond donors (Lipinski definition) is 2. The van der Waals surface area contributed by atoms with Crippen LogP contribution in [0.1, 0.15) is 37.3 Å². The van der Waals surface area contributed by atoms with Gasteiger partial charge in [0.05, 0.1) is 17.3 Å². The number of ether oxygens (including phenoxy) is 1. The van der Waals surface area contributed by atoms with Crippen LogP contribution in [-0.4, -0.2) is 27.1 Å². The normalized spacial score (nSPS) is 20.0. The average Bonchev–Trinajstić information content (AvgIpc) is 2.97. The summed E-state index contributed by atoms with van der Waals surface area (Å²) >= 11 is 0. The summed E-state index contributed by atoms with van der Waals surface area (Å²) < 4.78 is 20.3. The van der Waals surface area contributed by atoms with Crippen LogP contribution >= 0.6 is 0 Å². The average molecular weight is 344 g/mol. The maximum Gasteiger partial charge on any atom is 0.404 e. The van der Waals surface area contributed by atoms with Gasteiger partial charge in [0.2, 0.25) is 5.88 Å². The number of aromatic nitrogens is 2. The van der Waals surface area contributed by atoms with Crippen molar-refractivity contribution in [2.45, 2.75) is 37.8 Å². The molecule has 0 saturated heterocycles. The van der Waals surface area contributed by atoms with Gasteiger partial charge in [0, 0.05) is 11.6 Å². The molecule has 0 atom stereocenters. The van der Waals surface area contributed by atoms with Crippen LogP contribution in [0.25, 0.3) is 11.3 Å². The largest absolute Gasteiger partial charge is 0.493 e. The van der Waals surface area contributed by atoms with Gasteiger partial charge in [-0.3, -0.25) is 0 Å². The van der Waals surface area contributed by atoms with Crippen molar-refractivity contribution in [1.82, 2.24) is 9.78 Å². The second-order valence-electron chi connectivity index (χ2n) is 6.01. The van der Waals surface area contributed by atoms with Crippen LogP contribution in [0.5, 0.6) is 5.88 Å². The van der Waals surface area contributed by atoms with Gasteiger partial charge in [-0.15, -0.1) is 0 Å². The van der Waals surface area contributed by atoms with Crippen molar-refractivity contribution in [3.05, 3.63) is 35.6 Å². The fraction of sp³-hybridized carbons (Fsp3) is 0.353. The van der Waals surface area contributed by atoms with Crippen LogP contribution < -0.4 is 5.73 Å². The van der Waals surface area contributed by atoms with E-state index >= 15 is 0 Å². The highest BCUT2D eigenvalue weighted by Crippen LogP contribution is 2.34. The van der Waals surface area contributed by atoms with Crippen LogP contribution in [0, 0.1) is 17.1 Å². The molecule has 2 aromatic rings. The van der Waals surface area contributed by atoms with Crippen LogP contribution in [0.2, 0.25) is 0 Å². The van der Waals surface area contributed by atoms with Crippen molar-refractivity contribution in [3.8, 4) is 23.2 Å². The van der Waals surface area contributed by atoms with E-state index in [1.54, 1.807) is 12.1 Å². The zero-order valence-electron chi connectivity index (χ0n) is 13.4. The molecule has 0 spiro atoms. The number of halogens is 1. The smallest absolute Gasteiger partial charge is 0.404 e. The Kier molecular flexibility index (Phi) is 4.57. The number of rotatable bonds is 3. The van der Waals surface area contributed by atoms with Gasteiger partial charge in [-0.05, 0) is 37.8 Å². The topological polar surface area (TPSA) is 114 Å². The van der Waals surface area contributed by atoms with E-state index in [2.05, 4.69) is 5.10 Å². The Balaban J connectivity index is 1.76. The number of nitrogens with two attached hydrogens (primary N) is 1. The lowest BCUT2D eigenvalue weighted by Crippen LogP contribution is -2.28. The van der Waals surface area contributed by atoms with Gasteiger partial charge < -0.3 is 15.6 Å². The first-order chi connectivity index (χ1) is 12.0. The fourth-order valence-electron chi connectivity index (χ4n) is 3.13. The molecule has 0 aliphatic heterocycles. The minimum absolute atomic E-state index is 0.0148. The van der Waals surface area contributed by atoms with Gasteiger partial charge >= 0.3 is 6.09 Å². The maximum absolute atomic E-state index is 13.8. The molecule has 3 N–H and O–H groups in total. The molecule has 1 fully saturated rings. The van der Waals surface area contributed by atoms with E-state index in [0.717, 1.165) is 0 Å². The van der Waals surface area contributed by atoms with Gasteiger partial charge in [-0.25, -0.2) is 13.9 Å². The number of carbonyl (C=O) groups excluding carboxylic acids is 1. The van der Waals surface area contributed by atoms with Crippen LogP contribution in [0.3, 0.4) is 0 Å². The minimum atomic E-state index is -0.782. The molecule has 1 aliphatic carbocycles. The van der Waals surface area contributed by atoms with E-state index < -0.39 is 11.9 Å². The van der Waals surface area contributed by atoms with Crippen molar-refractivity contribution in [1.29, 1.82) is 5.26 Å². The molecule has 3 rings (SSSR count). The van der Waals surface area contributed by atoms with E-state index in [0.29, 0.717) is 36.9 Å². The molecule has 1 heterocycles. The van der Waals surface area contributed by atoms with Crippen molar-refractivity contribution in [2.75, 3.05) is 0 Å². The first kappa shape index (κ1) is 16.8. The zero-order chi connectivity index (χ0) is 18.0. The van der Waals surface area contributed by atoms with Crippen molar-refractivity contribution in [3.63, 3.8) is 0 Å². The summed E-state index contributed by atoms with van der Waals surface area (Å²) in [6, 6.07) is 7.39. The summed E-state index contributed by atoms with van der Waals surface area (Å²) in [6.45, 7) is 0. The monoisotopic (exact) mass is 344 g/mol. The highest BCUT2D eigenvalue weighted by atomic mass is 19.1. The van der Waals surface area contributed by atoms with Gasteiger partial charge in [-0.2, -0.15) is 10.4 Å². The molecule has 25 heavy (non-hydrogen) atoms. The van der Waals surface area contributed by atoms with Gasteiger partial charge in [0.25, 0.3) is 0 Å². The molecule has 1 aliphatic rings. The number of amides is 1. The van der Waals surface area contributed by atoms with E-state index in [-0.39, 0.29) is 23.6 Å². The van der Waals surface area contributed by atoms with Crippen LogP contribution in [0.15, 0.2) is 24.3 Å². The zero-order valence-corrected chi connectivity index (χ0v) is 13.4. The molecule has 1 aromatic heterocycles. The lowest BCUT2D eigenvalue weighted by Gasteiger charge is -2.28. The third-order valence-corrected chi connectivity index (χ3v) is 4.37. The van der Waals surface area contributed by atoms with E-state index in [9.17, 15) is 14.3 Å². The van der Waals surface area contributed by atoms with Crippen LogP contribution in [-0.2, 0) is 4.74 Å². The number of nitrogens with zero attached hydrogens (tertiary/aromatic N) is 3. The van der Waals surface area contributed by atoms with E-state index in [1.807, 2.05) is 0 Å². The van der Waals surface area contributed by atoms with Crippen molar-refractivity contribution in [2.24, 2.45) is 5.73 Å². The third kappa shape index (κ3) is 3.55. The van der Waals surface area contributed by atoms with E-state index in [4.69, 9.17) is 15.7 Å². The van der Waals surface area contributed by atoms with Gasteiger partial charge in [0.15, 0.2) is 0 Å². The Morgan fingerprint density at radius 2 is 2.08 bits per heavy atom. The number of aromatic hydroxyl groups is 1. The second kappa shape index (κ2) is 6.81. The molecule has 8 heteroatoms. The lowest BCUT2D eigenvalue weighted by atomic mass is 9.93. The SMILES string of the molecule is N#Cc1ccc(-c2cc(O)n(C3CCC(OC(N)=O)CC3)n2)cc1F. The number of nitriles is 1. The van der Waals surface area contributed by atoms with Gasteiger partial charge in [0.1, 0.15) is 18.0 Å². The Morgan fingerprint density at radius 1 is 1.36 bits per heavy atom. The second-order valence-corrected chi connectivity index (χ2v) is 6.01. The van der Waals surface area contributed by atoms with E-state index in [1.165, 1.54) is 22.9 Å². The summed E-state index contributed by atoms with van der Waals surface area (Å²) in [5, 5.41) is 23.3. The highest BCUT2D eigenvalue weighted by Gasteiger charge is 2.27. The number of benzene rings is 1. The fourth-order valence-corrected chi connectivity index (χ4v) is 3.13. The highest BCUT2D eigenvalue weighted by molar-refractivity contribution is 5.64. The summed E-state index contributed by atoms with van der Waals surface area (Å²) in [5.41, 5.74) is 5.89. The third-order valence-electron chi connectivity index (χ3n) is 4.37. The quantitative estimate of drug-likeness (QED) is 0.888. The predicted octanol–water partition coefficient (Wildman–Crippen LogP) is 2.85. The number of primary amides is 1. The Bertz CT molecular complexity index is 835. The molecule has 1 saturated carbocycles. The lowest BCUT2D eigenvalue weighted by molar-refractivity contribution is 0.0697. The molecule has 1 aromatic carbocycles. The summed E-state index contributed by atoms with van der Waals surface area (Å²) in [6.07, 6.45) is 1.62. The molecule has 0 radical (unpaired) electrons. The van der Waals surface area contributed by atoms with Crippen molar-refractivity contribution < 1.29 is 19.0 Å². The first-order valence-corrected chi connectivity index (χ1v) is 7.92. The predicted molar refractivity (Wildman–Crippen MR) is 86.0 cm³/mol. The summed E-state index contributed by atoms with van der Waals surface area (Å²) in [5.74, 6) is -0.641. The standard InChI is InChI=1S/C17H17FN4O3/c18-14-7-10(1-2-11(14)9-19)15-8-16(23)22(21-15)12-3-5-13(6-4-12)25-17(20)24/h1-2,7-8,12-13,23H,3-6H2,(H2,20,24). The molecule has 1 amide bonds.